The Morgan fingerprint density at radius 1 is 1.47 bits per heavy atom. The normalized spacial score (nSPS) is 13.1. The lowest BCUT2D eigenvalue weighted by Crippen LogP contribution is -2.11. The van der Waals surface area contributed by atoms with Crippen molar-refractivity contribution in [3.05, 3.63) is 41.5 Å². The largest absolute Gasteiger partial charge is 0.493 e. The third kappa shape index (κ3) is 2.23. The average molecular weight is 257 g/mol. The van der Waals surface area contributed by atoms with Crippen molar-refractivity contribution in [1.29, 1.82) is 0 Å². The van der Waals surface area contributed by atoms with Crippen LogP contribution in [0.25, 0.3) is 0 Å². The molecule has 1 aromatic carbocycles. The first-order valence-electron chi connectivity index (χ1n) is 6.43. The second-order valence-corrected chi connectivity index (χ2v) is 4.51. The summed E-state index contributed by atoms with van der Waals surface area (Å²) < 4.78 is 7.18. The minimum atomic E-state index is 0.0670. The third-order valence-corrected chi connectivity index (χ3v) is 3.33. The van der Waals surface area contributed by atoms with Crippen LogP contribution in [0.3, 0.4) is 0 Å². The van der Waals surface area contributed by atoms with E-state index in [0.717, 1.165) is 29.8 Å². The van der Waals surface area contributed by atoms with Crippen molar-refractivity contribution in [2.45, 2.75) is 26.3 Å². The summed E-state index contributed by atoms with van der Waals surface area (Å²) >= 11 is 0. The van der Waals surface area contributed by atoms with Crippen LogP contribution in [0.1, 0.15) is 28.7 Å². The number of ether oxygens (including phenoxy) is 1. The van der Waals surface area contributed by atoms with Gasteiger partial charge in [0.05, 0.1) is 13.0 Å². The highest BCUT2D eigenvalue weighted by Gasteiger charge is 2.16. The predicted octanol–water partition coefficient (Wildman–Crippen LogP) is 1.66. The number of rotatable bonds is 4. The lowest BCUT2D eigenvalue weighted by atomic mass is 10.0. The molecule has 0 saturated heterocycles. The van der Waals surface area contributed by atoms with E-state index >= 15 is 0 Å². The van der Waals surface area contributed by atoms with Crippen LogP contribution in [-0.2, 0) is 19.4 Å². The van der Waals surface area contributed by atoms with Gasteiger partial charge < -0.3 is 4.74 Å². The summed E-state index contributed by atoms with van der Waals surface area (Å²) in [5.41, 5.74) is 1.83. The molecule has 5 nitrogen and oxygen atoms in total. The second-order valence-electron chi connectivity index (χ2n) is 4.51. The van der Waals surface area contributed by atoms with Gasteiger partial charge in [-0.3, -0.25) is 4.79 Å². The fourth-order valence-electron chi connectivity index (χ4n) is 2.29. The zero-order valence-electron chi connectivity index (χ0n) is 10.8. The van der Waals surface area contributed by atoms with Crippen LogP contribution in [0.4, 0.5) is 0 Å². The number of Topliss-reactive ketones (excluding diaryl/α,β-unsaturated/α-hetero) is 1. The molecule has 19 heavy (non-hydrogen) atoms. The van der Waals surface area contributed by atoms with Crippen LogP contribution in [0.2, 0.25) is 0 Å². The first-order valence-corrected chi connectivity index (χ1v) is 6.43. The molecule has 0 aliphatic carbocycles. The Morgan fingerprint density at radius 3 is 3.21 bits per heavy atom. The summed E-state index contributed by atoms with van der Waals surface area (Å²) in [4.78, 5) is 16.4. The molecular weight excluding hydrogens is 242 g/mol. The van der Waals surface area contributed by atoms with Crippen molar-refractivity contribution in [2.24, 2.45) is 0 Å². The average Bonchev–Trinajstić information content (AvgIpc) is 3.05. The van der Waals surface area contributed by atoms with Gasteiger partial charge in [-0.25, -0.2) is 9.67 Å². The van der Waals surface area contributed by atoms with Gasteiger partial charge in [-0.05, 0) is 30.7 Å². The molecule has 1 aliphatic heterocycles. The van der Waals surface area contributed by atoms with Gasteiger partial charge in [-0.2, -0.15) is 5.10 Å². The highest BCUT2D eigenvalue weighted by molar-refractivity contribution is 5.97. The number of aromatic nitrogens is 3. The number of carbonyl (C=O) groups excluding carboxylic acids is 1. The minimum Gasteiger partial charge on any atom is -0.493 e. The first kappa shape index (κ1) is 11.9. The minimum absolute atomic E-state index is 0.0670. The lowest BCUT2D eigenvalue weighted by Gasteiger charge is -2.04. The van der Waals surface area contributed by atoms with Gasteiger partial charge in [0.15, 0.2) is 5.78 Å². The maximum Gasteiger partial charge on any atom is 0.170 e. The Kier molecular flexibility index (Phi) is 3.03. The van der Waals surface area contributed by atoms with Crippen LogP contribution in [-0.4, -0.2) is 27.2 Å². The van der Waals surface area contributed by atoms with E-state index in [9.17, 15) is 4.79 Å². The lowest BCUT2D eigenvalue weighted by molar-refractivity contribution is 0.0989. The molecule has 0 unspecified atom stereocenters. The molecule has 2 heterocycles. The van der Waals surface area contributed by atoms with Crippen molar-refractivity contribution in [3.63, 3.8) is 0 Å². The van der Waals surface area contributed by atoms with Gasteiger partial charge in [0.2, 0.25) is 0 Å². The summed E-state index contributed by atoms with van der Waals surface area (Å²) in [5.74, 6) is 1.68. The monoisotopic (exact) mass is 257 g/mol. The van der Waals surface area contributed by atoms with Crippen molar-refractivity contribution in [3.8, 4) is 5.75 Å². The van der Waals surface area contributed by atoms with Gasteiger partial charge in [-0.1, -0.05) is 0 Å². The van der Waals surface area contributed by atoms with E-state index in [-0.39, 0.29) is 12.2 Å². The summed E-state index contributed by atoms with van der Waals surface area (Å²) in [6.45, 7) is 3.41. The van der Waals surface area contributed by atoms with Gasteiger partial charge in [0, 0.05) is 18.5 Å². The molecule has 1 aromatic heterocycles. The first-order chi connectivity index (χ1) is 9.28. The van der Waals surface area contributed by atoms with E-state index in [2.05, 4.69) is 10.1 Å². The number of hydrogen-bond acceptors (Lipinski definition) is 4. The van der Waals surface area contributed by atoms with Crippen molar-refractivity contribution in [1.82, 2.24) is 14.8 Å². The number of benzene rings is 1. The molecule has 0 atom stereocenters. The van der Waals surface area contributed by atoms with Crippen LogP contribution < -0.4 is 4.74 Å². The zero-order valence-corrected chi connectivity index (χ0v) is 10.8. The van der Waals surface area contributed by atoms with Gasteiger partial charge in [0.1, 0.15) is 17.9 Å². The van der Waals surface area contributed by atoms with Crippen molar-refractivity contribution < 1.29 is 9.53 Å². The van der Waals surface area contributed by atoms with Crippen LogP contribution in [0.5, 0.6) is 5.75 Å². The molecule has 0 N–H and O–H groups in total. The Bertz CT molecular complexity index is 619. The number of fused-ring (bicyclic) bond motifs is 1. The molecule has 3 rings (SSSR count). The fraction of sp³-hybridized carbons (Fsp3) is 0.357. The SMILES string of the molecule is CCn1ncnc1CC(=O)c1ccc2c(c1)CCO2. The third-order valence-electron chi connectivity index (χ3n) is 3.33. The number of aryl methyl sites for hydroxylation is 1. The number of hydrogen-bond donors (Lipinski definition) is 0. The predicted molar refractivity (Wildman–Crippen MR) is 69.4 cm³/mol. The summed E-state index contributed by atoms with van der Waals surface area (Å²) in [5, 5.41) is 4.07. The standard InChI is InChI=1S/C14H15N3O2/c1-2-17-14(15-9-16-17)8-12(18)10-3-4-13-11(7-10)5-6-19-13/h3-4,7,9H,2,5-6,8H2,1H3. The van der Waals surface area contributed by atoms with E-state index in [1.165, 1.54) is 6.33 Å². The van der Waals surface area contributed by atoms with Gasteiger partial charge in [-0.15, -0.1) is 0 Å². The maximum absolute atomic E-state index is 12.3. The van der Waals surface area contributed by atoms with Crippen LogP contribution >= 0.6 is 0 Å². The number of nitrogens with zero attached hydrogens (tertiary/aromatic N) is 3. The van der Waals surface area contributed by atoms with Crippen LogP contribution in [0.15, 0.2) is 24.5 Å². The quantitative estimate of drug-likeness (QED) is 0.782. The molecule has 0 amide bonds. The highest BCUT2D eigenvalue weighted by Crippen LogP contribution is 2.26. The molecule has 0 fully saturated rings. The Labute approximate surface area is 111 Å². The summed E-state index contributed by atoms with van der Waals surface area (Å²) in [6, 6.07) is 5.62. The van der Waals surface area contributed by atoms with Gasteiger partial charge in [0.25, 0.3) is 0 Å². The Hall–Kier alpha value is -2.17. The van der Waals surface area contributed by atoms with E-state index in [1.807, 2.05) is 25.1 Å². The smallest absolute Gasteiger partial charge is 0.170 e. The molecule has 2 aromatic rings. The highest BCUT2D eigenvalue weighted by atomic mass is 16.5. The molecular formula is C14H15N3O2. The zero-order chi connectivity index (χ0) is 13.2. The Balaban J connectivity index is 1.81. The molecule has 0 bridgehead atoms. The Morgan fingerprint density at radius 2 is 2.37 bits per heavy atom. The molecule has 0 saturated carbocycles. The second kappa shape index (κ2) is 4.84. The van der Waals surface area contributed by atoms with Crippen molar-refractivity contribution >= 4 is 5.78 Å². The number of carbonyl (C=O) groups is 1. The van der Waals surface area contributed by atoms with Crippen molar-refractivity contribution in [2.75, 3.05) is 6.61 Å². The van der Waals surface area contributed by atoms with E-state index < -0.39 is 0 Å². The molecule has 98 valence electrons. The molecule has 5 heteroatoms. The van der Waals surface area contributed by atoms with E-state index in [4.69, 9.17) is 4.74 Å². The maximum atomic E-state index is 12.3. The topological polar surface area (TPSA) is 57.0 Å². The summed E-state index contributed by atoms with van der Waals surface area (Å²) in [6.07, 6.45) is 2.65. The fourth-order valence-corrected chi connectivity index (χ4v) is 2.29. The van der Waals surface area contributed by atoms with E-state index in [1.54, 1.807) is 4.68 Å². The van der Waals surface area contributed by atoms with Gasteiger partial charge >= 0.3 is 0 Å². The molecule has 0 radical (unpaired) electrons. The molecule has 1 aliphatic rings. The van der Waals surface area contributed by atoms with Crippen LogP contribution in [0, 0.1) is 0 Å². The summed E-state index contributed by atoms with van der Waals surface area (Å²) in [7, 11) is 0. The number of ketones is 1. The van der Waals surface area contributed by atoms with E-state index in [0.29, 0.717) is 12.4 Å². The molecule has 0 spiro atoms.